The van der Waals surface area contributed by atoms with E-state index in [0.29, 0.717) is 30.3 Å². The topological polar surface area (TPSA) is 79.5 Å². The van der Waals surface area contributed by atoms with Crippen LogP contribution in [0.1, 0.15) is 28.6 Å². The van der Waals surface area contributed by atoms with Gasteiger partial charge in [-0.3, -0.25) is 9.69 Å². The Hall–Kier alpha value is -3.06. The van der Waals surface area contributed by atoms with Crippen molar-refractivity contribution in [2.24, 2.45) is 0 Å². The van der Waals surface area contributed by atoms with E-state index < -0.39 is 0 Å². The molecule has 0 spiro atoms. The third-order valence-electron chi connectivity index (χ3n) is 5.41. The number of nitrogens with zero attached hydrogens (tertiary/aromatic N) is 2. The first kappa shape index (κ1) is 17.1. The Kier molecular flexibility index (Phi) is 4.16. The molecule has 0 saturated carbocycles. The molecule has 7 heteroatoms. The molecule has 0 radical (unpaired) electrons. The Morgan fingerprint density at radius 1 is 1.18 bits per heavy atom. The van der Waals surface area contributed by atoms with Crippen LogP contribution < -0.4 is 14.8 Å². The van der Waals surface area contributed by atoms with Crippen LogP contribution in [-0.4, -0.2) is 53.6 Å². The van der Waals surface area contributed by atoms with Gasteiger partial charge in [0.15, 0.2) is 11.5 Å². The first-order chi connectivity index (χ1) is 13.7. The minimum absolute atomic E-state index is 0.0592. The second-order valence-corrected chi connectivity index (χ2v) is 7.36. The minimum Gasteiger partial charge on any atom is -0.486 e. The standard InChI is InChI=1S/C21H22N4O3/c1-25-12-14(11-17(25)20-23-15-4-2-3-5-16(15)24-20)22-21(26)13-6-7-18-19(10-13)28-9-8-27-18/h2-7,10,14,17H,8-9,11-12H2,1H3,(H,22,26)(H,23,24)/t14-,17-/m0/s1. The first-order valence-corrected chi connectivity index (χ1v) is 9.53. The zero-order valence-corrected chi connectivity index (χ0v) is 15.6. The van der Waals surface area contributed by atoms with Crippen molar-refractivity contribution in [3.63, 3.8) is 0 Å². The number of nitrogens with one attached hydrogen (secondary N) is 2. The second kappa shape index (κ2) is 6.83. The van der Waals surface area contributed by atoms with Crippen molar-refractivity contribution < 1.29 is 14.3 Å². The highest BCUT2D eigenvalue weighted by molar-refractivity contribution is 5.95. The third-order valence-corrected chi connectivity index (χ3v) is 5.41. The Bertz CT molecular complexity index is 998. The molecule has 1 fully saturated rings. The molecule has 2 aliphatic heterocycles. The molecule has 3 aromatic rings. The van der Waals surface area contributed by atoms with E-state index >= 15 is 0 Å². The monoisotopic (exact) mass is 378 g/mol. The molecule has 0 unspecified atom stereocenters. The van der Waals surface area contributed by atoms with Crippen molar-refractivity contribution in [3.8, 4) is 11.5 Å². The number of hydrogen-bond donors (Lipinski definition) is 2. The van der Waals surface area contributed by atoms with E-state index in [4.69, 9.17) is 14.5 Å². The molecular weight excluding hydrogens is 356 g/mol. The third kappa shape index (κ3) is 3.07. The number of imidazole rings is 1. The zero-order valence-electron chi connectivity index (χ0n) is 15.6. The van der Waals surface area contributed by atoms with Crippen LogP contribution >= 0.6 is 0 Å². The summed E-state index contributed by atoms with van der Waals surface area (Å²) in [6, 6.07) is 13.6. The van der Waals surface area contributed by atoms with Gasteiger partial charge in [0.25, 0.3) is 5.91 Å². The lowest BCUT2D eigenvalue weighted by Gasteiger charge is -2.19. The Morgan fingerprint density at radius 3 is 2.86 bits per heavy atom. The molecule has 5 rings (SSSR count). The highest BCUT2D eigenvalue weighted by Crippen LogP contribution is 2.32. The van der Waals surface area contributed by atoms with Crippen LogP contribution in [0.15, 0.2) is 42.5 Å². The van der Waals surface area contributed by atoms with E-state index in [2.05, 4.69) is 22.2 Å². The number of benzene rings is 2. The van der Waals surface area contributed by atoms with Gasteiger partial charge in [-0.05, 0) is 43.8 Å². The van der Waals surface area contributed by atoms with Gasteiger partial charge < -0.3 is 19.8 Å². The molecule has 3 heterocycles. The van der Waals surface area contributed by atoms with Gasteiger partial charge in [-0.25, -0.2) is 4.98 Å². The van der Waals surface area contributed by atoms with Crippen molar-refractivity contribution in [2.75, 3.05) is 26.8 Å². The lowest BCUT2D eigenvalue weighted by molar-refractivity contribution is 0.0937. The van der Waals surface area contributed by atoms with E-state index in [1.807, 2.05) is 24.3 Å². The molecule has 2 atom stereocenters. The normalized spacial score (nSPS) is 21.8. The number of likely N-dealkylation sites (tertiary alicyclic amines) is 1. The summed E-state index contributed by atoms with van der Waals surface area (Å²) in [4.78, 5) is 23.1. The first-order valence-electron chi connectivity index (χ1n) is 9.53. The van der Waals surface area contributed by atoms with Crippen molar-refractivity contribution in [3.05, 3.63) is 53.9 Å². The second-order valence-electron chi connectivity index (χ2n) is 7.36. The maximum atomic E-state index is 12.7. The summed E-state index contributed by atoms with van der Waals surface area (Å²) in [5.74, 6) is 2.16. The number of fused-ring (bicyclic) bond motifs is 2. The Morgan fingerprint density at radius 2 is 2.00 bits per heavy atom. The number of carbonyl (C=O) groups is 1. The molecule has 1 amide bonds. The van der Waals surface area contributed by atoms with Crippen molar-refractivity contribution >= 4 is 16.9 Å². The predicted molar refractivity (Wildman–Crippen MR) is 105 cm³/mol. The summed E-state index contributed by atoms with van der Waals surface area (Å²) >= 11 is 0. The van der Waals surface area contributed by atoms with Gasteiger partial charge in [-0.1, -0.05) is 12.1 Å². The van der Waals surface area contributed by atoms with Gasteiger partial charge in [-0.2, -0.15) is 0 Å². The minimum atomic E-state index is -0.0966. The van der Waals surface area contributed by atoms with E-state index in [9.17, 15) is 4.79 Å². The Balaban J connectivity index is 1.29. The highest BCUT2D eigenvalue weighted by atomic mass is 16.6. The number of rotatable bonds is 3. The number of aromatic nitrogens is 2. The van der Waals surface area contributed by atoms with Gasteiger partial charge in [0.05, 0.1) is 17.1 Å². The van der Waals surface area contributed by atoms with Crippen molar-refractivity contribution in [1.29, 1.82) is 0 Å². The zero-order chi connectivity index (χ0) is 19.1. The van der Waals surface area contributed by atoms with E-state index in [0.717, 1.165) is 29.8 Å². The molecule has 2 N–H and O–H groups in total. The van der Waals surface area contributed by atoms with Gasteiger partial charge in [0.1, 0.15) is 19.0 Å². The molecule has 2 aromatic carbocycles. The van der Waals surface area contributed by atoms with Crippen molar-refractivity contribution in [1.82, 2.24) is 20.2 Å². The average molecular weight is 378 g/mol. The summed E-state index contributed by atoms with van der Waals surface area (Å²) in [5, 5.41) is 3.15. The van der Waals surface area contributed by atoms with E-state index in [1.165, 1.54) is 0 Å². The van der Waals surface area contributed by atoms with Gasteiger partial charge >= 0.3 is 0 Å². The fraction of sp³-hybridized carbons (Fsp3) is 0.333. The maximum absolute atomic E-state index is 12.7. The van der Waals surface area contributed by atoms with Crippen LogP contribution in [0.2, 0.25) is 0 Å². The molecule has 0 aliphatic carbocycles. The lowest BCUT2D eigenvalue weighted by atomic mass is 10.1. The lowest BCUT2D eigenvalue weighted by Crippen LogP contribution is -2.36. The number of amides is 1. The number of likely N-dealkylation sites (N-methyl/N-ethyl adjacent to an activating group) is 1. The van der Waals surface area contributed by atoms with Crippen LogP contribution in [0.3, 0.4) is 0 Å². The molecule has 28 heavy (non-hydrogen) atoms. The number of ether oxygens (including phenoxy) is 2. The average Bonchev–Trinajstić information content (AvgIpc) is 3.30. The molecule has 1 saturated heterocycles. The summed E-state index contributed by atoms with van der Waals surface area (Å²) in [7, 11) is 2.06. The molecular formula is C21H22N4O3. The largest absolute Gasteiger partial charge is 0.486 e. The predicted octanol–water partition coefficient (Wildman–Crippen LogP) is 2.51. The summed E-state index contributed by atoms with van der Waals surface area (Å²) in [6.45, 7) is 1.82. The summed E-state index contributed by atoms with van der Waals surface area (Å²) < 4.78 is 11.1. The number of aromatic amines is 1. The quantitative estimate of drug-likeness (QED) is 0.732. The molecule has 144 valence electrons. The van der Waals surface area contributed by atoms with E-state index in [1.54, 1.807) is 18.2 Å². The van der Waals surface area contributed by atoms with Crippen LogP contribution in [0.4, 0.5) is 0 Å². The Labute approximate surface area is 162 Å². The van der Waals surface area contributed by atoms with Gasteiger partial charge in [-0.15, -0.1) is 0 Å². The van der Waals surface area contributed by atoms with Crippen LogP contribution in [0.5, 0.6) is 11.5 Å². The van der Waals surface area contributed by atoms with Gasteiger partial charge in [0.2, 0.25) is 0 Å². The SMILES string of the molecule is CN1C[C@@H](NC(=O)c2ccc3c(c2)OCCO3)C[C@H]1c1nc2ccccc2[nH]1. The molecule has 1 aromatic heterocycles. The summed E-state index contributed by atoms with van der Waals surface area (Å²) in [5.41, 5.74) is 2.59. The van der Waals surface area contributed by atoms with Crippen LogP contribution in [-0.2, 0) is 0 Å². The van der Waals surface area contributed by atoms with Crippen molar-refractivity contribution in [2.45, 2.75) is 18.5 Å². The highest BCUT2D eigenvalue weighted by Gasteiger charge is 2.33. The molecule has 7 nitrogen and oxygen atoms in total. The number of H-pyrrole nitrogens is 1. The van der Waals surface area contributed by atoms with Crippen LogP contribution in [0, 0.1) is 0 Å². The molecule has 2 aliphatic rings. The number of hydrogen-bond acceptors (Lipinski definition) is 5. The maximum Gasteiger partial charge on any atom is 0.251 e. The van der Waals surface area contributed by atoms with Gasteiger partial charge in [0, 0.05) is 18.2 Å². The van der Waals surface area contributed by atoms with Crippen LogP contribution in [0.25, 0.3) is 11.0 Å². The fourth-order valence-corrected chi connectivity index (χ4v) is 4.01. The number of carbonyl (C=O) groups excluding carboxylic acids is 1. The molecule has 0 bridgehead atoms. The number of para-hydroxylation sites is 2. The fourth-order valence-electron chi connectivity index (χ4n) is 4.01. The summed E-state index contributed by atoms with van der Waals surface area (Å²) in [6.07, 6.45) is 0.812. The van der Waals surface area contributed by atoms with E-state index in [-0.39, 0.29) is 18.0 Å². The smallest absolute Gasteiger partial charge is 0.251 e.